The van der Waals surface area contributed by atoms with E-state index in [4.69, 9.17) is 4.74 Å². The van der Waals surface area contributed by atoms with Crippen LogP contribution in [-0.2, 0) is 25.7 Å². The van der Waals surface area contributed by atoms with E-state index in [0.29, 0.717) is 17.8 Å². The molecule has 32 heavy (non-hydrogen) atoms. The summed E-state index contributed by atoms with van der Waals surface area (Å²) in [4.78, 5) is 29.1. The number of piperazine rings is 1. The van der Waals surface area contributed by atoms with Crippen molar-refractivity contribution in [2.45, 2.75) is 30.6 Å². The second kappa shape index (κ2) is 8.51. The van der Waals surface area contributed by atoms with Crippen LogP contribution in [0.3, 0.4) is 0 Å². The number of benzene rings is 1. The molecule has 1 aliphatic rings. The summed E-state index contributed by atoms with van der Waals surface area (Å²) in [5.41, 5.74) is -1.69. The highest BCUT2D eigenvalue weighted by molar-refractivity contribution is 7.89. The maximum Gasteiger partial charge on any atom is 0.416 e. The lowest BCUT2D eigenvalue weighted by Crippen LogP contribution is -2.64. The average Bonchev–Trinajstić information content (AvgIpc) is 2.73. The summed E-state index contributed by atoms with van der Waals surface area (Å²) >= 11 is 0. The van der Waals surface area contributed by atoms with Gasteiger partial charge in [-0.05, 0) is 50.2 Å². The fourth-order valence-corrected chi connectivity index (χ4v) is 4.89. The third-order valence-electron chi connectivity index (χ3n) is 5.14. The predicted octanol–water partition coefficient (Wildman–Crippen LogP) is 2.44. The van der Waals surface area contributed by atoms with Crippen molar-refractivity contribution in [3.05, 3.63) is 59.4 Å². The SMILES string of the molecule is Cc1ccc(C(=O)N2CCN(S(=O)(=O)c3ccc(C(F)(F)F)cc3)C[C@@]2(C)OC=O)cn1. The smallest absolute Gasteiger partial charge is 0.416 e. The molecule has 0 bridgehead atoms. The van der Waals surface area contributed by atoms with Gasteiger partial charge in [0, 0.05) is 25.0 Å². The topological polar surface area (TPSA) is 96.9 Å². The zero-order valence-electron chi connectivity index (χ0n) is 17.2. The van der Waals surface area contributed by atoms with E-state index in [1.165, 1.54) is 18.0 Å². The number of nitrogens with zero attached hydrogens (tertiary/aromatic N) is 3. The van der Waals surface area contributed by atoms with E-state index in [0.717, 1.165) is 16.4 Å². The van der Waals surface area contributed by atoms with Gasteiger partial charge in [-0.15, -0.1) is 0 Å². The Kier molecular flexibility index (Phi) is 6.29. The molecule has 1 fully saturated rings. The molecule has 0 unspecified atom stereocenters. The number of alkyl halides is 3. The molecule has 0 radical (unpaired) electrons. The Hall–Kier alpha value is -2.99. The molecule has 0 saturated carbocycles. The Labute approximate surface area is 182 Å². The Balaban J connectivity index is 1.88. The highest BCUT2D eigenvalue weighted by Crippen LogP contribution is 2.32. The summed E-state index contributed by atoms with van der Waals surface area (Å²) < 4.78 is 70.5. The number of carbonyl (C=O) groups excluding carboxylic acids is 2. The van der Waals surface area contributed by atoms with Crippen molar-refractivity contribution in [3.8, 4) is 0 Å². The van der Waals surface area contributed by atoms with Gasteiger partial charge >= 0.3 is 6.18 Å². The molecule has 1 aromatic heterocycles. The van der Waals surface area contributed by atoms with Gasteiger partial charge in [-0.25, -0.2) is 8.42 Å². The number of hydrogen-bond acceptors (Lipinski definition) is 6. The number of sulfonamides is 1. The van der Waals surface area contributed by atoms with E-state index in [2.05, 4.69) is 4.98 Å². The van der Waals surface area contributed by atoms with E-state index >= 15 is 0 Å². The summed E-state index contributed by atoms with van der Waals surface area (Å²) in [5.74, 6) is -0.506. The molecule has 2 heterocycles. The zero-order valence-corrected chi connectivity index (χ0v) is 18.0. The Bertz CT molecular complexity index is 1100. The number of ether oxygens (including phenoxy) is 1. The predicted molar refractivity (Wildman–Crippen MR) is 106 cm³/mol. The molecule has 1 aromatic carbocycles. The Morgan fingerprint density at radius 3 is 2.34 bits per heavy atom. The van der Waals surface area contributed by atoms with E-state index in [9.17, 15) is 31.2 Å². The average molecular weight is 471 g/mol. The summed E-state index contributed by atoms with van der Waals surface area (Å²) in [5, 5.41) is 0. The normalized spacial score (nSPS) is 20.1. The van der Waals surface area contributed by atoms with E-state index in [1.807, 2.05) is 0 Å². The van der Waals surface area contributed by atoms with Gasteiger partial charge in [0.1, 0.15) is 0 Å². The van der Waals surface area contributed by atoms with Crippen molar-refractivity contribution in [3.63, 3.8) is 0 Å². The first-order chi connectivity index (χ1) is 14.9. The third kappa shape index (κ3) is 4.60. The number of amides is 1. The van der Waals surface area contributed by atoms with Crippen LogP contribution in [0.4, 0.5) is 13.2 Å². The van der Waals surface area contributed by atoms with Crippen molar-refractivity contribution in [1.29, 1.82) is 0 Å². The van der Waals surface area contributed by atoms with Gasteiger partial charge < -0.3 is 4.74 Å². The minimum absolute atomic E-state index is 0.113. The van der Waals surface area contributed by atoms with Crippen LogP contribution in [0, 0.1) is 6.92 Å². The van der Waals surface area contributed by atoms with E-state index < -0.39 is 39.9 Å². The first-order valence-electron chi connectivity index (χ1n) is 9.42. The quantitative estimate of drug-likeness (QED) is 0.622. The van der Waals surface area contributed by atoms with E-state index in [-0.39, 0.29) is 30.0 Å². The standard InChI is InChI=1S/C20H20F3N3O5S/c1-14-3-4-15(11-24-14)18(28)26-10-9-25(12-19(26,2)31-13-27)32(29,30)17-7-5-16(6-8-17)20(21,22)23/h3-8,11,13H,9-10,12H2,1-2H3/t19-/m1/s1. The maximum absolute atomic E-state index is 13.0. The fraction of sp³-hybridized carbons (Fsp3) is 0.350. The minimum Gasteiger partial charge on any atom is -0.440 e. The van der Waals surface area contributed by atoms with E-state index in [1.54, 1.807) is 19.1 Å². The monoisotopic (exact) mass is 471 g/mol. The lowest BCUT2D eigenvalue weighted by atomic mass is 10.1. The molecule has 12 heteroatoms. The molecule has 172 valence electrons. The van der Waals surface area contributed by atoms with Crippen LogP contribution in [0.1, 0.15) is 28.5 Å². The maximum atomic E-state index is 13.0. The lowest BCUT2D eigenvalue weighted by molar-refractivity contribution is -0.166. The van der Waals surface area contributed by atoms with Crippen molar-refractivity contribution >= 4 is 22.4 Å². The number of pyridine rings is 1. The molecule has 1 atom stereocenters. The minimum atomic E-state index is -4.60. The highest BCUT2D eigenvalue weighted by atomic mass is 32.2. The van der Waals surface area contributed by atoms with Crippen LogP contribution in [0.15, 0.2) is 47.5 Å². The zero-order chi connectivity index (χ0) is 23.7. The Morgan fingerprint density at radius 1 is 1.16 bits per heavy atom. The number of hydrogen-bond donors (Lipinski definition) is 0. The number of halogens is 3. The summed E-state index contributed by atoms with van der Waals surface area (Å²) in [6.45, 7) is 2.58. The summed E-state index contributed by atoms with van der Waals surface area (Å²) in [6.07, 6.45) is -3.24. The lowest BCUT2D eigenvalue weighted by Gasteiger charge is -2.46. The van der Waals surface area contributed by atoms with Gasteiger partial charge in [0.25, 0.3) is 12.4 Å². The van der Waals surface area contributed by atoms with Crippen molar-refractivity contribution in [2.75, 3.05) is 19.6 Å². The molecule has 0 spiro atoms. The van der Waals surface area contributed by atoms with Gasteiger partial charge in [0.2, 0.25) is 10.0 Å². The molecule has 1 aliphatic heterocycles. The van der Waals surface area contributed by atoms with Gasteiger partial charge in [-0.3, -0.25) is 19.5 Å². The number of rotatable bonds is 5. The second-order valence-corrected chi connectivity index (χ2v) is 9.33. The molecule has 0 N–H and O–H groups in total. The number of aryl methyl sites for hydroxylation is 1. The molecular weight excluding hydrogens is 451 g/mol. The van der Waals surface area contributed by atoms with Crippen LogP contribution in [0.25, 0.3) is 0 Å². The van der Waals surface area contributed by atoms with Crippen molar-refractivity contribution < 1.29 is 35.9 Å². The van der Waals surface area contributed by atoms with Gasteiger partial charge in [-0.2, -0.15) is 17.5 Å². The van der Waals surface area contributed by atoms with Crippen LogP contribution >= 0.6 is 0 Å². The van der Waals surface area contributed by atoms with Gasteiger partial charge in [-0.1, -0.05) is 0 Å². The highest BCUT2D eigenvalue weighted by Gasteiger charge is 2.46. The summed E-state index contributed by atoms with van der Waals surface area (Å²) in [7, 11) is -4.21. The van der Waals surface area contributed by atoms with Gasteiger partial charge in [0.05, 0.1) is 22.6 Å². The molecule has 3 rings (SSSR count). The van der Waals surface area contributed by atoms with Gasteiger partial charge in [0.15, 0.2) is 5.72 Å². The number of aromatic nitrogens is 1. The van der Waals surface area contributed by atoms with Crippen molar-refractivity contribution in [2.24, 2.45) is 0 Å². The fourth-order valence-electron chi connectivity index (χ4n) is 3.38. The molecule has 2 aromatic rings. The molecular formula is C20H20F3N3O5S. The summed E-state index contributed by atoms with van der Waals surface area (Å²) in [6, 6.07) is 6.28. The van der Waals surface area contributed by atoms with Crippen LogP contribution < -0.4 is 0 Å². The second-order valence-electron chi connectivity index (χ2n) is 7.39. The first kappa shape index (κ1) is 23.7. The molecule has 1 saturated heterocycles. The van der Waals surface area contributed by atoms with Crippen LogP contribution in [0.5, 0.6) is 0 Å². The molecule has 0 aliphatic carbocycles. The largest absolute Gasteiger partial charge is 0.440 e. The van der Waals surface area contributed by atoms with Crippen molar-refractivity contribution in [1.82, 2.24) is 14.2 Å². The Morgan fingerprint density at radius 2 is 1.81 bits per heavy atom. The third-order valence-corrected chi connectivity index (χ3v) is 7.00. The molecule has 1 amide bonds. The molecule has 8 nitrogen and oxygen atoms in total. The van der Waals surface area contributed by atoms with Crippen LogP contribution in [-0.4, -0.2) is 60.3 Å². The first-order valence-corrected chi connectivity index (χ1v) is 10.9. The number of carbonyl (C=O) groups is 2. The van der Waals surface area contributed by atoms with Crippen LogP contribution in [0.2, 0.25) is 0 Å².